The Hall–Kier alpha value is -2.82. The van der Waals surface area contributed by atoms with Crippen LogP contribution in [0.5, 0.6) is 11.5 Å². The SMILES string of the molecule is CC(C)NC(=O)c1ccc(Cl)cc1NC(=O)CCNS(=O)(=O)c1ccc2c(c1)OCCCO2. The molecule has 0 aliphatic carbocycles. The molecule has 0 bridgehead atoms. The lowest BCUT2D eigenvalue weighted by molar-refractivity contribution is -0.116. The number of sulfonamides is 1. The lowest BCUT2D eigenvalue weighted by Crippen LogP contribution is -2.31. The molecule has 0 atom stereocenters. The number of amides is 2. The number of rotatable bonds is 8. The van der Waals surface area contributed by atoms with Gasteiger partial charge in [-0.3, -0.25) is 9.59 Å². The Morgan fingerprint density at radius 1 is 1.06 bits per heavy atom. The summed E-state index contributed by atoms with van der Waals surface area (Å²) in [6, 6.07) is 8.81. The molecule has 0 radical (unpaired) electrons. The fourth-order valence-electron chi connectivity index (χ4n) is 3.06. The fourth-order valence-corrected chi connectivity index (χ4v) is 4.28. The summed E-state index contributed by atoms with van der Waals surface area (Å²) in [4.78, 5) is 24.8. The molecule has 0 fully saturated rings. The van der Waals surface area contributed by atoms with Gasteiger partial charge in [0.2, 0.25) is 15.9 Å². The van der Waals surface area contributed by atoms with Crippen molar-refractivity contribution < 1.29 is 27.5 Å². The van der Waals surface area contributed by atoms with Gasteiger partial charge in [0.1, 0.15) is 0 Å². The van der Waals surface area contributed by atoms with Crippen LogP contribution in [0.15, 0.2) is 41.3 Å². The van der Waals surface area contributed by atoms with Gasteiger partial charge in [0, 0.05) is 36.5 Å². The van der Waals surface area contributed by atoms with Gasteiger partial charge >= 0.3 is 0 Å². The molecule has 11 heteroatoms. The third kappa shape index (κ3) is 6.83. The maximum absolute atomic E-state index is 12.6. The van der Waals surface area contributed by atoms with Crippen LogP contribution in [0.4, 0.5) is 5.69 Å². The second kappa shape index (κ2) is 10.9. The highest BCUT2D eigenvalue weighted by Crippen LogP contribution is 2.31. The van der Waals surface area contributed by atoms with E-state index >= 15 is 0 Å². The summed E-state index contributed by atoms with van der Waals surface area (Å²) in [7, 11) is -3.87. The highest BCUT2D eigenvalue weighted by atomic mass is 35.5. The molecule has 1 heterocycles. The number of fused-ring (bicyclic) bond motifs is 1. The molecule has 33 heavy (non-hydrogen) atoms. The van der Waals surface area contributed by atoms with Gasteiger partial charge < -0.3 is 20.1 Å². The fraction of sp³-hybridized carbons (Fsp3) is 0.364. The molecule has 2 aromatic carbocycles. The van der Waals surface area contributed by atoms with Gasteiger partial charge in [-0.1, -0.05) is 11.6 Å². The molecule has 0 spiro atoms. The minimum Gasteiger partial charge on any atom is -0.490 e. The van der Waals surface area contributed by atoms with Crippen LogP contribution >= 0.6 is 11.6 Å². The second-order valence-electron chi connectivity index (χ2n) is 7.67. The number of anilines is 1. The van der Waals surface area contributed by atoms with Crippen LogP contribution in [0.2, 0.25) is 5.02 Å². The summed E-state index contributed by atoms with van der Waals surface area (Å²) >= 11 is 6.01. The second-order valence-corrected chi connectivity index (χ2v) is 9.88. The average molecular weight is 496 g/mol. The average Bonchev–Trinajstić information content (AvgIpc) is 2.98. The first-order valence-corrected chi connectivity index (χ1v) is 12.3. The summed E-state index contributed by atoms with van der Waals surface area (Å²) in [5.74, 6) is 0.0234. The van der Waals surface area contributed by atoms with Gasteiger partial charge in [-0.15, -0.1) is 0 Å². The van der Waals surface area contributed by atoms with Crippen molar-refractivity contribution in [1.82, 2.24) is 10.0 Å². The Labute approximate surface area is 197 Å². The van der Waals surface area contributed by atoms with Gasteiger partial charge in [-0.25, -0.2) is 13.1 Å². The minimum absolute atomic E-state index is 0.00893. The zero-order chi connectivity index (χ0) is 24.0. The molecule has 1 aliphatic heterocycles. The molecule has 9 nitrogen and oxygen atoms in total. The summed E-state index contributed by atoms with van der Waals surface area (Å²) in [6.07, 6.45) is 0.555. The number of carbonyl (C=O) groups is 2. The minimum atomic E-state index is -3.87. The Balaban J connectivity index is 1.61. The van der Waals surface area contributed by atoms with E-state index in [1.807, 2.05) is 13.8 Å². The molecular formula is C22H26ClN3O6S. The van der Waals surface area contributed by atoms with Gasteiger partial charge in [-0.2, -0.15) is 0 Å². The van der Waals surface area contributed by atoms with Crippen LogP contribution in [-0.4, -0.2) is 46.0 Å². The number of nitrogens with one attached hydrogen (secondary N) is 3. The number of hydrogen-bond donors (Lipinski definition) is 3. The van der Waals surface area contributed by atoms with E-state index in [-0.39, 0.29) is 41.1 Å². The first-order valence-electron chi connectivity index (χ1n) is 10.5. The van der Waals surface area contributed by atoms with Crippen LogP contribution < -0.4 is 24.8 Å². The van der Waals surface area contributed by atoms with E-state index < -0.39 is 15.9 Å². The molecule has 0 saturated carbocycles. The van der Waals surface area contributed by atoms with Crippen molar-refractivity contribution in [2.45, 2.75) is 37.6 Å². The third-order valence-electron chi connectivity index (χ3n) is 4.59. The Bertz CT molecular complexity index is 1140. The van der Waals surface area contributed by atoms with Gasteiger partial charge in [0.05, 0.1) is 29.4 Å². The zero-order valence-electron chi connectivity index (χ0n) is 18.3. The monoisotopic (exact) mass is 495 g/mol. The first-order chi connectivity index (χ1) is 15.7. The van der Waals surface area contributed by atoms with Crippen LogP contribution in [0.25, 0.3) is 0 Å². The topological polar surface area (TPSA) is 123 Å². The van der Waals surface area contributed by atoms with Gasteiger partial charge in [0.15, 0.2) is 11.5 Å². The van der Waals surface area contributed by atoms with Gasteiger partial charge in [0.25, 0.3) is 5.91 Å². The van der Waals surface area contributed by atoms with Crippen molar-refractivity contribution in [1.29, 1.82) is 0 Å². The van der Waals surface area contributed by atoms with Gasteiger partial charge in [-0.05, 0) is 44.2 Å². The molecule has 3 N–H and O–H groups in total. The van der Waals surface area contributed by atoms with E-state index in [2.05, 4.69) is 15.4 Å². The van der Waals surface area contributed by atoms with Crippen molar-refractivity contribution in [3.8, 4) is 11.5 Å². The van der Waals surface area contributed by atoms with E-state index in [0.29, 0.717) is 36.2 Å². The van der Waals surface area contributed by atoms with Crippen LogP contribution in [0.3, 0.4) is 0 Å². The zero-order valence-corrected chi connectivity index (χ0v) is 19.9. The maximum atomic E-state index is 12.6. The Morgan fingerprint density at radius 3 is 2.52 bits per heavy atom. The van der Waals surface area contributed by atoms with Crippen molar-refractivity contribution in [3.05, 3.63) is 47.0 Å². The lowest BCUT2D eigenvalue weighted by atomic mass is 10.1. The molecule has 0 unspecified atom stereocenters. The van der Waals surface area contributed by atoms with E-state index in [1.165, 1.54) is 24.3 Å². The summed E-state index contributed by atoms with van der Waals surface area (Å²) < 4.78 is 38.7. The number of carbonyl (C=O) groups excluding carboxylic acids is 2. The van der Waals surface area contributed by atoms with Crippen molar-refractivity contribution in [3.63, 3.8) is 0 Å². The number of halogens is 1. The van der Waals surface area contributed by atoms with Crippen molar-refractivity contribution in [2.75, 3.05) is 25.1 Å². The van der Waals surface area contributed by atoms with Crippen LogP contribution in [0, 0.1) is 0 Å². The summed E-state index contributed by atoms with van der Waals surface area (Å²) in [5.41, 5.74) is 0.505. The molecule has 3 rings (SSSR count). The number of ether oxygens (including phenoxy) is 2. The molecular weight excluding hydrogens is 470 g/mol. The third-order valence-corrected chi connectivity index (χ3v) is 6.29. The molecule has 1 aliphatic rings. The molecule has 0 aromatic heterocycles. The van der Waals surface area contributed by atoms with Crippen molar-refractivity contribution in [2.24, 2.45) is 0 Å². The first kappa shape index (κ1) is 24.8. The normalized spacial score (nSPS) is 13.3. The van der Waals surface area contributed by atoms with Crippen molar-refractivity contribution >= 4 is 39.1 Å². The molecule has 2 amide bonds. The predicted molar refractivity (Wildman–Crippen MR) is 125 cm³/mol. The van der Waals surface area contributed by atoms with E-state index in [4.69, 9.17) is 21.1 Å². The standard InChI is InChI=1S/C22H26ClN3O6S/c1-14(2)25-22(28)17-6-4-15(23)12-18(17)26-21(27)8-9-24-33(29,30)16-5-7-19-20(13-16)32-11-3-10-31-19/h4-7,12-14,24H,3,8-11H2,1-2H3,(H,25,28)(H,26,27). The highest BCUT2D eigenvalue weighted by Gasteiger charge is 2.20. The largest absolute Gasteiger partial charge is 0.490 e. The van der Waals surface area contributed by atoms with E-state index in [9.17, 15) is 18.0 Å². The molecule has 0 saturated heterocycles. The maximum Gasteiger partial charge on any atom is 0.253 e. The number of benzene rings is 2. The summed E-state index contributed by atoms with van der Waals surface area (Å²) in [6.45, 7) is 4.43. The smallest absolute Gasteiger partial charge is 0.253 e. The van der Waals surface area contributed by atoms with Crippen LogP contribution in [-0.2, 0) is 14.8 Å². The molecule has 2 aromatic rings. The Morgan fingerprint density at radius 2 is 1.79 bits per heavy atom. The highest BCUT2D eigenvalue weighted by molar-refractivity contribution is 7.89. The lowest BCUT2D eigenvalue weighted by Gasteiger charge is -2.14. The number of hydrogen-bond acceptors (Lipinski definition) is 6. The van der Waals surface area contributed by atoms with E-state index in [1.54, 1.807) is 12.1 Å². The van der Waals surface area contributed by atoms with Crippen LogP contribution in [0.1, 0.15) is 37.0 Å². The molecule has 178 valence electrons. The quantitative estimate of drug-likeness (QED) is 0.517. The van der Waals surface area contributed by atoms with E-state index in [0.717, 1.165) is 0 Å². The Kier molecular flexibility index (Phi) is 8.17. The summed E-state index contributed by atoms with van der Waals surface area (Å²) in [5, 5.41) is 5.73. The predicted octanol–water partition coefficient (Wildman–Crippen LogP) is 2.95.